The van der Waals surface area contributed by atoms with E-state index in [4.69, 9.17) is 16.3 Å². The van der Waals surface area contributed by atoms with Gasteiger partial charge in [0, 0.05) is 47.2 Å². The summed E-state index contributed by atoms with van der Waals surface area (Å²) in [5.74, 6) is -1.00. The molecule has 2 aromatic rings. The van der Waals surface area contributed by atoms with Crippen LogP contribution in [-0.4, -0.2) is 70.5 Å². The van der Waals surface area contributed by atoms with Gasteiger partial charge in [0.25, 0.3) is 0 Å². The van der Waals surface area contributed by atoms with Crippen molar-refractivity contribution in [3.05, 3.63) is 81.1 Å². The second kappa shape index (κ2) is 15.4. The Labute approximate surface area is 289 Å². The average molecular weight is 683 g/mol. The van der Waals surface area contributed by atoms with Crippen LogP contribution >= 0.6 is 11.6 Å². The van der Waals surface area contributed by atoms with Crippen LogP contribution in [0, 0.1) is 11.2 Å². The third kappa shape index (κ3) is 8.15. The lowest BCUT2D eigenvalue weighted by molar-refractivity contribution is -0.0808. The van der Waals surface area contributed by atoms with Gasteiger partial charge in [-0.1, -0.05) is 48.4 Å². The molecule has 1 heterocycles. The Morgan fingerprint density at radius 3 is 2.67 bits per heavy atom. The van der Waals surface area contributed by atoms with E-state index in [-0.39, 0.29) is 53.4 Å². The van der Waals surface area contributed by atoms with Gasteiger partial charge >= 0.3 is 6.03 Å². The highest BCUT2D eigenvalue weighted by Gasteiger charge is 2.57. The third-order valence-electron chi connectivity index (χ3n) is 11.0. The summed E-state index contributed by atoms with van der Waals surface area (Å²) in [6.07, 6.45) is 7.26. The molecule has 9 heteroatoms. The normalized spacial score (nSPS) is 27.8. The largest absolute Gasteiger partial charge is 0.393 e. The van der Waals surface area contributed by atoms with Crippen LogP contribution in [-0.2, 0) is 17.6 Å². The van der Waals surface area contributed by atoms with Gasteiger partial charge in [-0.25, -0.2) is 9.18 Å². The number of carbonyl (C=O) groups excluding carboxylic acids is 2. The Kier molecular flexibility index (Phi) is 11.7. The van der Waals surface area contributed by atoms with Crippen molar-refractivity contribution in [1.82, 2.24) is 10.2 Å². The van der Waals surface area contributed by atoms with E-state index >= 15 is 0 Å². The van der Waals surface area contributed by atoms with E-state index in [9.17, 15) is 24.2 Å². The van der Waals surface area contributed by atoms with E-state index in [1.165, 1.54) is 17.7 Å². The van der Waals surface area contributed by atoms with Gasteiger partial charge in [-0.2, -0.15) is 0 Å². The number of urea groups is 1. The van der Waals surface area contributed by atoms with E-state index in [1.54, 1.807) is 11.0 Å². The Bertz CT molecular complexity index is 1490. The first kappa shape index (κ1) is 36.5. The maximum atomic E-state index is 14.9. The van der Waals surface area contributed by atoms with Crippen LogP contribution in [0.4, 0.5) is 9.18 Å². The minimum atomic E-state index is -1.26. The molecule has 1 saturated carbocycles. The van der Waals surface area contributed by atoms with Crippen molar-refractivity contribution in [2.45, 2.75) is 122 Å². The molecule has 0 unspecified atom stereocenters. The number of hydrogen-bond donors (Lipinski definition) is 3. The maximum Gasteiger partial charge on any atom is 0.317 e. The number of ether oxygens (including phenoxy) is 1. The zero-order valence-corrected chi connectivity index (χ0v) is 29.6. The molecule has 6 rings (SSSR count). The van der Waals surface area contributed by atoms with E-state index in [0.717, 1.165) is 30.4 Å². The van der Waals surface area contributed by atoms with Gasteiger partial charge in [-0.05, 0) is 114 Å². The predicted molar refractivity (Wildman–Crippen MR) is 187 cm³/mol. The van der Waals surface area contributed by atoms with Crippen LogP contribution < -0.4 is 5.32 Å². The number of aliphatic hydroxyl groups is 2. The molecule has 0 radical (unpaired) electrons. The summed E-state index contributed by atoms with van der Waals surface area (Å²) in [7, 11) is 0. The van der Waals surface area contributed by atoms with Gasteiger partial charge in [0.05, 0.1) is 24.4 Å². The van der Waals surface area contributed by atoms with E-state index in [2.05, 4.69) is 25.2 Å². The molecule has 0 aromatic heterocycles. The van der Waals surface area contributed by atoms with Crippen molar-refractivity contribution < 1.29 is 28.9 Å². The molecule has 0 spiro atoms. The fraction of sp³-hybridized carbons (Fsp3) is 0.590. The number of aliphatic hydroxyl groups excluding tert-OH is 1. The molecule has 2 aromatic carbocycles. The number of carbonyl (C=O) groups is 2. The van der Waals surface area contributed by atoms with Crippen molar-refractivity contribution in [2.24, 2.45) is 5.41 Å². The van der Waals surface area contributed by atoms with Crippen LogP contribution in [0.2, 0.25) is 5.02 Å². The van der Waals surface area contributed by atoms with Crippen LogP contribution in [0.5, 0.6) is 0 Å². The van der Waals surface area contributed by atoms with Crippen LogP contribution in [0.1, 0.15) is 112 Å². The number of Topliss-reactive ketones (excluding diaryl/α,β-unsaturated/α-hetero) is 1. The van der Waals surface area contributed by atoms with Crippen LogP contribution in [0.25, 0.3) is 0 Å². The minimum absolute atomic E-state index is 0.0675. The van der Waals surface area contributed by atoms with Gasteiger partial charge < -0.3 is 25.2 Å². The first-order valence-corrected chi connectivity index (χ1v) is 18.0. The first-order chi connectivity index (χ1) is 22.8. The van der Waals surface area contributed by atoms with E-state index in [1.807, 2.05) is 32.0 Å². The molecule has 262 valence electrons. The number of nitrogens with zero attached hydrogens (tertiary/aromatic N) is 1. The number of rotatable bonds is 8. The first-order valence-electron chi connectivity index (χ1n) is 17.6. The van der Waals surface area contributed by atoms with Gasteiger partial charge in [-0.3, -0.25) is 4.79 Å². The summed E-state index contributed by atoms with van der Waals surface area (Å²) >= 11 is 6.36. The van der Waals surface area contributed by atoms with E-state index in [0.29, 0.717) is 57.2 Å². The number of amides is 2. The monoisotopic (exact) mass is 682 g/mol. The third-order valence-corrected chi connectivity index (χ3v) is 11.3. The summed E-state index contributed by atoms with van der Waals surface area (Å²) in [4.78, 5) is 29.5. The fourth-order valence-corrected chi connectivity index (χ4v) is 8.34. The molecule has 2 amide bonds. The zero-order chi connectivity index (χ0) is 34.6. The number of fused-ring (bicyclic) bond motifs is 8. The predicted octanol–water partition coefficient (Wildman–Crippen LogP) is 7.54. The molecule has 2 bridgehead atoms. The standard InChI is InChI=1S/C39H52ClFN2O5/c1-25(2)42-37(46)43(23-29-9-7-19-48-29)24-39(47)18-16-33-30-15-13-27(20-28(44)14-12-26(3)8-6-17-38(33,39)4)21-31(30)36(45)22-32-34(40)10-5-11-35(32)41/h5,8,10-11,13,15,21,25,28-29,33,44,47H,6-7,9,12,14,16-20,22-24H2,1-4H3,(H,42,46)/t28-,29+,33-,38-,39+/m0/s1. The molecule has 7 nitrogen and oxygen atoms in total. The van der Waals surface area contributed by atoms with Crippen molar-refractivity contribution >= 4 is 23.4 Å². The highest BCUT2D eigenvalue weighted by atomic mass is 35.5. The van der Waals surface area contributed by atoms with Crippen molar-refractivity contribution in [2.75, 3.05) is 19.7 Å². The smallest absolute Gasteiger partial charge is 0.317 e. The van der Waals surface area contributed by atoms with Gasteiger partial charge in [0.2, 0.25) is 0 Å². The summed E-state index contributed by atoms with van der Waals surface area (Å²) in [5.41, 5.74) is 1.48. The van der Waals surface area contributed by atoms with Crippen molar-refractivity contribution in [3.63, 3.8) is 0 Å². The Hall–Kier alpha value is -2.78. The lowest BCUT2D eigenvalue weighted by Gasteiger charge is -2.46. The van der Waals surface area contributed by atoms with Crippen molar-refractivity contribution in [1.29, 1.82) is 0 Å². The number of halogens is 2. The SMILES string of the molecule is CC1=CCC[C@@]2(C)[C@@H](CC[C@@]2(O)CN(C[C@H]2CCCO2)C(=O)NC(C)C)c2ccc(cc2C(=O)Cc2c(F)cccc2Cl)C[C@@H](O)CC1. The number of benzene rings is 2. The van der Waals surface area contributed by atoms with Gasteiger partial charge in [0.1, 0.15) is 5.82 Å². The highest BCUT2D eigenvalue weighted by Crippen LogP contribution is 2.59. The molecule has 3 N–H and O–H groups in total. The number of hydrogen-bond acceptors (Lipinski definition) is 5. The fourth-order valence-electron chi connectivity index (χ4n) is 8.11. The topological polar surface area (TPSA) is 99.1 Å². The Morgan fingerprint density at radius 2 is 1.96 bits per heavy atom. The van der Waals surface area contributed by atoms with E-state index < -0.39 is 22.9 Å². The molecular formula is C39H52ClFN2O5. The summed E-state index contributed by atoms with van der Waals surface area (Å²) in [5, 5.41) is 26.9. The average Bonchev–Trinajstić information content (AvgIpc) is 3.63. The summed E-state index contributed by atoms with van der Waals surface area (Å²) in [6, 6.07) is 9.91. The highest BCUT2D eigenvalue weighted by molar-refractivity contribution is 6.31. The van der Waals surface area contributed by atoms with Gasteiger partial charge in [-0.15, -0.1) is 0 Å². The van der Waals surface area contributed by atoms with Crippen LogP contribution in [0.3, 0.4) is 0 Å². The lowest BCUT2D eigenvalue weighted by atomic mass is 9.64. The maximum absolute atomic E-state index is 14.9. The molecule has 1 saturated heterocycles. The Morgan fingerprint density at radius 1 is 1.17 bits per heavy atom. The molecule has 1 aliphatic heterocycles. The van der Waals surface area contributed by atoms with Gasteiger partial charge in [0.15, 0.2) is 5.78 Å². The molecular weight excluding hydrogens is 631 g/mol. The second-order valence-corrected chi connectivity index (χ2v) is 15.3. The molecule has 5 atom stereocenters. The zero-order valence-electron chi connectivity index (χ0n) is 28.9. The molecule has 4 aliphatic rings. The minimum Gasteiger partial charge on any atom is -0.393 e. The van der Waals surface area contributed by atoms with Crippen molar-refractivity contribution in [3.8, 4) is 0 Å². The summed E-state index contributed by atoms with van der Waals surface area (Å²) < 4.78 is 20.8. The summed E-state index contributed by atoms with van der Waals surface area (Å²) in [6.45, 7) is 9.23. The number of ketones is 1. The lowest BCUT2D eigenvalue weighted by Crippen LogP contribution is -2.57. The van der Waals surface area contributed by atoms with Crippen LogP contribution in [0.15, 0.2) is 48.0 Å². The number of nitrogens with one attached hydrogen (secondary N) is 1. The molecule has 2 fully saturated rings. The molecule has 48 heavy (non-hydrogen) atoms. The second-order valence-electron chi connectivity index (χ2n) is 14.9. The number of allylic oxidation sites excluding steroid dienone is 2. The Balaban J connectivity index is 1.57. The quantitative estimate of drug-likeness (QED) is 0.197. The molecule has 3 aliphatic carbocycles.